The van der Waals surface area contributed by atoms with Gasteiger partial charge in [0.1, 0.15) is 5.69 Å². The number of hydrogen-bond donors (Lipinski definition) is 3. The minimum Gasteiger partial charge on any atom is -0.477 e. The van der Waals surface area contributed by atoms with Crippen LogP contribution in [0.4, 0.5) is 0 Å². The van der Waals surface area contributed by atoms with Gasteiger partial charge in [-0.1, -0.05) is 78.1 Å². The Kier molecular flexibility index (Phi) is 28.0. The molecule has 0 radical (unpaired) electrons. The zero-order valence-electron chi connectivity index (χ0n) is 23.6. The minimum absolute atomic E-state index is 0. The number of unbranched alkanes of at least 4 members (excludes halogenated alkanes) is 10. The van der Waals surface area contributed by atoms with Gasteiger partial charge in [0, 0.05) is 6.20 Å². The molecule has 0 aromatic carbocycles. The third-order valence-electron chi connectivity index (χ3n) is 5.31. The maximum atomic E-state index is 12.0. The van der Waals surface area contributed by atoms with Crippen LogP contribution in [0.5, 0.6) is 0 Å². The van der Waals surface area contributed by atoms with Crippen molar-refractivity contribution in [2.45, 2.75) is 103 Å². The summed E-state index contributed by atoms with van der Waals surface area (Å²) < 4.78 is 42.0. The van der Waals surface area contributed by atoms with Gasteiger partial charge in [-0.05, 0) is 25.0 Å². The quantitative estimate of drug-likeness (QED) is 0.0745. The molecule has 38 heavy (non-hydrogen) atoms. The van der Waals surface area contributed by atoms with Gasteiger partial charge in [-0.15, -0.1) is 0 Å². The van der Waals surface area contributed by atoms with Gasteiger partial charge in [-0.3, -0.25) is 14.1 Å². The molecule has 10 nitrogen and oxygen atoms in total. The van der Waals surface area contributed by atoms with Gasteiger partial charge in [0.2, 0.25) is 0 Å². The summed E-state index contributed by atoms with van der Waals surface area (Å²) in [6, 6.07) is 3.14. The van der Waals surface area contributed by atoms with Crippen molar-refractivity contribution >= 4 is 28.0 Å². The molecule has 0 amide bonds. The summed E-state index contributed by atoms with van der Waals surface area (Å²) in [5.74, 6) is -2.85. The van der Waals surface area contributed by atoms with Crippen molar-refractivity contribution in [1.29, 1.82) is 0 Å². The van der Waals surface area contributed by atoms with Gasteiger partial charge in [0.05, 0.1) is 19.6 Å². The Morgan fingerprint density at radius 3 is 1.74 bits per heavy atom. The van der Waals surface area contributed by atoms with E-state index in [1.54, 1.807) is 12.3 Å². The van der Waals surface area contributed by atoms with Crippen molar-refractivity contribution in [3.63, 3.8) is 0 Å². The largest absolute Gasteiger partial charge is 1.00 e. The molecule has 216 valence electrons. The summed E-state index contributed by atoms with van der Waals surface area (Å²) in [6.07, 6.45) is 12.9. The molecule has 0 aliphatic heterocycles. The maximum absolute atomic E-state index is 12.0. The number of carbonyl (C=O) groups is 3. The molecule has 3 N–H and O–H groups in total. The molecule has 0 saturated heterocycles. The number of carboxylic acid groups (broad SMARTS) is 1. The molecule has 12 heteroatoms. The third-order valence-corrected chi connectivity index (χ3v) is 6.38. The van der Waals surface area contributed by atoms with Gasteiger partial charge in [0.25, 0.3) is 10.1 Å². The zero-order valence-corrected chi connectivity index (χ0v) is 26.4. The Labute approximate surface area is 250 Å². The van der Waals surface area contributed by atoms with E-state index in [-0.39, 0.29) is 55.9 Å². The molecular formula is C26H46NNaO9S. The standard InChI is InChI=1S/C20H38O7S.C5H5NO2.CH3.Na/c1-3-5-7-9-11-13-15-26-19(21)17-18(28(23,24)25)20(22)27-16-14-12-10-8-6-4-2;7-5(8)4-2-1-3-6-4;;/h18H,3-17H2,1-2H3,(H,23,24,25);1-3,6H,(H,7,8);1H3;/q;;-1;+1. The molecule has 1 rings (SSSR count). The van der Waals surface area contributed by atoms with Crippen LogP contribution < -0.4 is 29.6 Å². The second-order valence-electron chi connectivity index (χ2n) is 8.52. The number of aromatic carboxylic acids is 1. The van der Waals surface area contributed by atoms with Crippen molar-refractivity contribution in [3.05, 3.63) is 31.5 Å². The maximum Gasteiger partial charge on any atom is 1.00 e. The number of esters is 2. The van der Waals surface area contributed by atoms with E-state index in [4.69, 9.17) is 14.6 Å². The molecule has 0 spiro atoms. The van der Waals surface area contributed by atoms with Crippen LogP contribution in [-0.4, -0.2) is 59.4 Å². The van der Waals surface area contributed by atoms with Crippen LogP contribution >= 0.6 is 0 Å². The summed E-state index contributed by atoms with van der Waals surface area (Å²) in [5, 5.41) is 6.32. The van der Waals surface area contributed by atoms with Crippen molar-refractivity contribution in [1.82, 2.24) is 4.98 Å². The number of nitrogens with one attached hydrogen (secondary N) is 1. The first kappa shape index (κ1) is 41.1. The molecule has 0 bridgehead atoms. The van der Waals surface area contributed by atoms with Crippen molar-refractivity contribution in [2.24, 2.45) is 0 Å². The first-order valence-electron chi connectivity index (χ1n) is 12.8. The Balaban J connectivity index is -0.00000104. The molecule has 1 unspecified atom stereocenters. The Hall–Kier alpha value is -1.40. The van der Waals surface area contributed by atoms with Crippen LogP contribution in [0.3, 0.4) is 0 Å². The van der Waals surface area contributed by atoms with Crippen molar-refractivity contribution < 1.29 is 71.5 Å². The van der Waals surface area contributed by atoms with Crippen LogP contribution in [0.25, 0.3) is 0 Å². The van der Waals surface area contributed by atoms with E-state index < -0.39 is 39.7 Å². The van der Waals surface area contributed by atoms with Gasteiger partial charge < -0.3 is 27.0 Å². The third kappa shape index (κ3) is 22.6. The topological polar surface area (TPSA) is 160 Å². The fourth-order valence-corrected chi connectivity index (χ4v) is 3.86. The number of H-pyrrole nitrogens is 1. The Morgan fingerprint density at radius 2 is 1.34 bits per heavy atom. The Bertz CT molecular complexity index is 830. The molecule has 1 aromatic heterocycles. The number of carbonyl (C=O) groups excluding carboxylic acids is 2. The molecular weight excluding hydrogens is 525 g/mol. The monoisotopic (exact) mass is 571 g/mol. The number of ether oxygens (including phenoxy) is 2. The molecule has 1 aromatic rings. The number of rotatable bonds is 19. The average molecular weight is 572 g/mol. The molecule has 0 fully saturated rings. The normalized spacial score (nSPS) is 11.1. The van der Waals surface area contributed by atoms with Crippen LogP contribution in [-0.2, 0) is 29.2 Å². The van der Waals surface area contributed by atoms with Crippen molar-refractivity contribution in [3.8, 4) is 0 Å². The molecule has 1 heterocycles. The Morgan fingerprint density at radius 1 is 0.868 bits per heavy atom. The summed E-state index contributed by atoms with van der Waals surface area (Å²) in [6.45, 7) is 4.50. The summed E-state index contributed by atoms with van der Waals surface area (Å²) in [7, 11) is -4.73. The van der Waals surface area contributed by atoms with E-state index in [9.17, 15) is 27.4 Å². The number of carboxylic acids is 1. The van der Waals surface area contributed by atoms with Gasteiger partial charge in [0.15, 0.2) is 5.25 Å². The van der Waals surface area contributed by atoms with E-state index in [0.717, 1.165) is 57.8 Å². The fraction of sp³-hybridized carbons (Fsp3) is 0.692. The van der Waals surface area contributed by atoms with Crippen molar-refractivity contribution in [2.75, 3.05) is 13.2 Å². The van der Waals surface area contributed by atoms with Gasteiger partial charge in [-0.2, -0.15) is 8.42 Å². The predicted molar refractivity (Wildman–Crippen MR) is 143 cm³/mol. The number of aromatic nitrogens is 1. The molecule has 0 aliphatic carbocycles. The second kappa shape index (κ2) is 25.9. The summed E-state index contributed by atoms with van der Waals surface area (Å²) in [5.41, 5.74) is 0.227. The fourth-order valence-electron chi connectivity index (χ4n) is 3.20. The van der Waals surface area contributed by atoms with E-state index in [1.807, 2.05) is 0 Å². The van der Waals surface area contributed by atoms with Crippen LogP contribution in [0.1, 0.15) is 108 Å². The molecule has 1 atom stereocenters. The first-order valence-corrected chi connectivity index (χ1v) is 14.3. The number of hydrogen-bond acceptors (Lipinski definition) is 7. The molecule has 0 saturated carbocycles. The minimum atomic E-state index is -4.73. The molecule has 0 aliphatic rings. The first-order chi connectivity index (χ1) is 17.1. The summed E-state index contributed by atoms with van der Waals surface area (Å²) in [4.78, 5) is 36.3. The second-order valence-corrected chi connectivity index (χ2v) is 10.1. The zero-order chi connectivity index (χ0) is 27.2. The van der Waals surface area contributed by atoms with Gasteiger partial charge >= 0.3 is 47.5 Å². The SMILES string of the molecule is CCCCCCCCOC(=O)CC(C(=O)OCCCCCCCC)S(=O)(=O)O.O=C(O)c1ccc[nH]1.[CH3-].[Na+]. The van der Waals surface area contributed by atoms with E-state index in [0.29, 0.717) is 12.8 Å². The van der Waals surface area contributed by atoms with E-state index in [1.165, 1.54) is 12.5 Å². The van der Waals surface area contributed by atoms with E-state index in [2.05, 4.69) is 18.8 Å². The smallest absolute Gasteiger partial charge is 0.477 e. The van der Waals surface area contributed by atoms with Crippen LogP contribution in [0.15, 0.2) is 18.3 Å². The van der Waals surface area contributed by atoms with Crippen LogP contribution in [0, 0.1) is 7.43 Å². The van der Waals surface area contributed by atoms with E-state index >= 15 is 0 Å². The number of aromatic amines is 1. The summed E-state index contributed by atoms with van der Waals surface area (Å²) >= 11 is 0. The predicted octanol–water partition coefficient (Wildman–Crippen LogP) is 2.61. The van der Waals surface area contributed by atoms with Crippen LogP contribution in [0.2, 0.25) is 0 Å². The average Bonchev–Trinajstić information content (AvgIpc) is 3.36. The van der Waals surface area contributed by atoms with Gasteiger partial charge in [-0.25, -0.2) is 4.79 Å².